The molecule has 1 fully saturated rings. The van der Waals surface area contributed by atoms with E-state index in [1.54, 1.807) is 17.2 Å². The largest absolute Gasteiger partial charge is 0.353 e. The lowest BCUT2D eigenvalue weighted by atomic mass is 10.1. The summed E-state index contributed by atoms with van der Waals surface area (Å²) in [5.41, 5.74) is 2.40. The van der Waals surface area contributed by atoms with Crippen LogP contribution in [-0.2, 0) is 11.3 Å². The third kappa shape index (κ3) is 4.19. The fraction of sp³-hybridized carbons (Fsp3) is 0.240. The van der Waals surface area contributed by atoms with Crippen molar-refractivity contribution in [1.29, 1.82) is 0 Å². The molecule has 0 saturated carbocycles. The number of anilines is 1. The van der Waals surface area contributed by atoms with Crippen molar-refractivity contribution in [3.05, 3.63) is 83.0 Å². The first-order chi connectivity index (χ1) is 16.1. The highest BCUT2D eigenvalue weighted by atomic mass is 16.2. The van der Waals surface area contributed by atoms with E-state index in [4.69, 9.17) is 4.98 Å². The number of para-hydroxylation sites is 1. The summed E-state index contributed by atoms with van der Waals surface area (Å²) in [7, 11) is 0. The van der Waals surface area contributed by atoms with Crippen LogP contribution in [0.15, 0.2) is 71.9 Å². The molecule has 8 nitrogen and oxygen atoms in total. The summed E-state index contributed by atoms with van der Waals surface area (Å²) in [5.74, 6) is 1.45. The number of nitrogens with zero attached hydrogens (tertiary/aromatic N) is 6. The molecule has 3 heterocycles. The number of benzene rings is 2. The van der Waals surface area contributed by atoms with E-state index in [1.807, 2.05) is 55.5 Å². The predicted molar refractivity (Wildman–Crippen MR) is 127 cm³/mol. The molecule has 1 aliphatic rings. The first-order valence-corrected chi connectivity index (χ1v) is 11.0. The van der Waals surface area contributed by atoms with Crippen LogP contribution in [0.2, 0.25) is 0 Å². The van der Waals surface area contributed by atoms with E-state index in [9.17, 15) is 9.59 Å². The van der Waals surface area contributed by atoms with Crippen LogP contribution in [0, 0.1) is 6.92 Å². The molecule has 2 aromatic carbocycles. The molecule has 166 valence electrons. The molecular formula is C25H24N6O2. The predicted octanol–water partition coefficient (Wildman–Crippen LogP) is 2.51. The van der Waals surface area contributed by atoms with E-state index in [1.165, 1.54) is 10.9 Å². The van der Waals surface area contributed by atoms with E-state index in [-0.39, 0.29) is 18.0 Å². The standard InChI is InChI=1S/C25H24N6O2/c1-18-6-5-9-20-23(18)27-17-31(25(20)33)16-22(32)30-14-12-29(13-15-30)21-10-11-26-24(28-21)19-7-3-2-4-8-19/h2-11,17H,12-16H2,1H3. The number of fused-ring (bicyclic) bond motifs is 1. The number of hydrogen-bond donors (Lipinski definition) is 0. The Balaban J connectivity index is 1.25. The zero-order valence-corrected chi connectivity index (χ0v) is 18.4. The van der Waals surface area contributed by atoms with Crippen LogP contribution in [0.3, 0.4) is 0 Å². The molecule has 0 unspecified atom stereocenters. The average Bonchev–Trinajstić information content (AvgIpc) is 2.87. The van der Waals surface area contributed by atoms with Gasteiger partial charge >= 0.3 is 0 Å². The molecular weight excluding hydrogens is 416 g/mol. The van der Waals surface area contributed by atoms with Crippen LogP contribution in [0.25, 0.3) is 22.3 Å². The lowest BCUT2D eigenvalue weighted by Gasteiger charge is -2.35. The molecule has 33 heavy (non-hydrogen) atoms. The highest BCUT2D eigenvalue weighted by Crippen LogP contribution is 2.19. The van der Waals surface area contributed by atoms with Gasteiger partial charge in [-0.05, 0) is 24.6 Å². The maximum absolute atomic E-state index is 12.9. The summed E-state index contributed by atoms with van der Waals surface area (Å²) < 4.78 is 1.40. The molecule has 8 heteroatoms. The van der Waals surface area contributed by atoms with E-state index >= 15 is 0 Å². The monoisotopic (exact) mass is 440 g/mol. The maximum atomic E-state index is 12.9. The molecule has 5 rings (SSSR count). The summed E-state index contributed by atoms with van der Waals surface area (Å²) in [6.07, 6.45) is 3.24. The van der Waals surface area contributed by atoms with Crippen LogP contribution >= 0.6 is 0 Å². The Morgan fingerprint density at radius 2 is 1.73 bits per heavy atom. The van der Waals surface area contributed by atoms with Gasteiger partial charge in [0, 0.05) is 37.9 Å². The Hall–Kier alpha value is -4.07. The molecule has 0 radical (unpaired) electrons. The highest BCUT2D eigenvalue weighted by molar-refractivity contribution is 5.81. The number of rotatable bonds is 4. The van der Waals surface area contributed by atoms with E-state index in [2.05, 4.69) is 14.9 Å². The van der Waals surface area contributed by atoms with Crippen LogP contribution in [-0.4, -0.2) is 56.5 Å². The smallest absolute Gasteiger partial charge is 0.261 e. The van der Waals surface area contributed by atoms with E-state index < -0.39 is 0 Å². The Bertz CT molecular complexity index is 1360. The van der Waals surface area contributed by atoms with Crippen molar-refractivity contribution < 1.29 is 4.79 Å². The minimum atomic E-state index is -0.190. The maximum Gasteiger partial charge on any atom is 0.261 e. The normalized spacial score (nSPS) is 14.0. The lowest BCUT2D eigenvalue weighted by Crippen LogP contribution is -2.50. The molecule has 0 bridgehead atoms. The number of aromatic nitrogens is 4. The number of carbonyl (C=O) groups is 1. The second-order valence-electron chi connectivity index (χ2n) is 8.12. The number of amides is 1. The molecule has 4 aromatic rings. The van der Waals surface area contributed by atoms with E-state index in [0.717, 1.165) is 16.9 Å². The Labute approximate surface area is 191 Å². The van der Waals surface area contributed by atoms with Crippen LogP contribution in [0.5, 0.6) is 0 Å². The van der Waals surface area contributed by atoms with Crippen LogP contribution in [0.1, 0.15) is 5.56 Å². The summed E-state index contributed by atoms with van der Waals surface area (Å²) in [6.45, 7) is 4.38. The van der Waals surface area contributed by atoms with Gasteiger partial charge in [-0.1, -0.05) is 42.5 Å². The molecule has 1 saturated heterocycles. The van der Waals surface area contributed by atoms with Gasteiger partial charge in [0.1, 0.15) is 12.4 Å². The third-order valence-corrected chi connectivity index (χ3v) is 5.99. The number of aryl methyl sites for hydroxylation is 1. The van der Waals surface area contributed by atoms with Crippen molar-refractivity contribution in [2.24, 2.45) is 0 Å². The summed E-state index contributed by atoms with van der Waals surface area (Å²) in [5, 5.41) is 0.535. The molecule has 0 N–H and O–H groups in total. The van der Waals surface area contributed by atoms with Gasteiger partial charge in [-0.25, -0.2) is 15.0 Å². The van der Waals surface area contributed by atoms with Crippen LogP contribution in [0.4, 0.5) is 5.82 Å². The molecule has 0 spiro atoms. The zero-order chi connectivity index (χ0) is 22.8. The van der Waals surface area contributed by atoms with Crippen LogP contribution < -0.4 is 10.5 Å². The summed E-state index contributed by atoms with van der Waals surface area (Å²) in [4.78, 5) is 43.2. The first kappa shape index (κ1) is 20.8. The van der Waals surface area contributed by atoms with Crippen molar-refractivity contribution in [2.45, 2.75) is 13.5 Å². The second kappa shape index (κ2) is 8.82. The van der Waals surface area contributed by atoms with Gasteiger partial charge < -0.3 is 9.80 Å². The van der Waals surface area contributed by atoms with Gasteiger partial charge in [-0.3, -0.25) is 14.2 Å². The highest BCUT2D eigenvalue weighted by Gasteiger charge is 2.23. The fourth-order valence-corrected chi connectivity index (χ4v) is 4.13. The number of hydrogen-bond acceptors (Lipinski definition) is 6. The molecule has 0 atom stereocenters. The third-order valence-electron chi connectivity index (χ3n) is 5.99. The molecule has 1 amide bonds. The zero-order valence-electron chi connectivity index (χ0n) is 18.4. The van der Waals surface area contributed by atoms with Gasteiger partial charge in [0.05, 0.1) is 17.2 Å². The Morgan fingerprint density at radius 3 is 2.52 bits per heavy atom. The number of carbonyl (C=O) groups excluding carboxylic acids is 1. The minimum absolute atomic E-state index is 0.0125. The quantitative estimate of drug-likeness (QED) is 0.485. The van der Waals surface area contributed by atoms with Crippen molar-refractivity contribution >= 4 is 22.6 Å². The average molecular weight is 441 g/mol. The van der Waals surface area contributed by atoms with Gasteiger partial charge in [0.25, 0.3) is 5.56 Å². The molecule has 2 aromatic heterocycles. The second-order valence-corrected chi connectivity index (χ2v) is 8.12. The van der Waals surface area contributed by atoms with E-state index in [0.29, 0.717) is 42.9 Å². The van der Waals surface area contributed by atoms with Gasteiger partial charge in [0.15, 0.2) is 5.82 Å². The first-order valence-electron chi connectivity index (χ1n) is 11.0. The Morgan fingerprint density at radius 1 is 0.939 bits per heavy atom. The topological polar surface area (TPSA) is 84.2 Å². The lowest BCUT2D eigenvalue weighted by molar-refractivity contribution is -0.132. The van der Waals surface area contributed by atoms with Gasteiger partial charge in [-0.2, -0.15) is 0 Å². The summed E-state index contributed by atoms with van der Waals surface area (Å²) in [6, 6.07) is 17.3. The van der Waals surface area contributed by atoms with Gasteiger partial charge in [0.2, 0.25) is 5.91 Å². The van der Waals surface area contributed by atoms with Crippen molar-refractivity contribution in [1.82, 2.24) is 24.4 Å². The van der Waals surface area contributed by atoms with Crippen molar-refractivity contribution in [3.8, 4) is 11.4 Å². The number of piperazine rings is 1. The SMILES string of the molecule is Cc1cccc2c(=O)n(CC(=O)N3CCN(c4ccnc(-c5ccccc5)n4)CC3)cnc12. The minimum Gasteiger partial charge on any atom is -0.353 e. The fourth-order valence-electron chi connectivity index (χ4n) is 4.13. The molecule has 0 aliphatic carbocycles. The summed E-state index contributed by atoms with van der Waals surface area (Å²) >= 11 is 0. The van der Waals surface area contributed by atoms with Crippen molar-refractivity contribution in [2.75, 3.05) is 31.1 Å². The van der Waals surface area contributed by atoms with Crippen molar-refractivity contribution in [3.63, 3.8) is 0 Å². The molecule has 1 aliphatic heterocycles. The Kier molecular flexibility index (Phi) is 5.56. The van der Waals surface area contributed by atoms with Gasteiger partial charge in [-0.15, -0.1) is 0 Å².